The first-order valence-corrected chi connectivity index (χ1v) is 22.2. The lowest BCUT2D eigenvalue weighted by Crippen LogP contribution is -2.62. The largest absolute Gasteiger partial charge is 0.347 e. The average molecular weight is 781 g/mol. The van der Waals surface area contributed by atoms with Gasteiger partial charge in [0, 0.05) is 30.6 Å². The van der Waals surface area contributed by atoms with Gasteiger partial charge in [-0.3, -0.25) is 28.8 Å². The van der Waals surface area contributed by atoms with Gasteiger partial charge in [-0.1, -0.05) is 73.6 Å². The van der Waals surface area contributed by atoms with Crippen molar-refractivity contribution < 1.29 is 28.8 Å². The summed E-state index contributed by atoms with van der Waals surface area (Å²) in [5, 5.41) is 12.1. The zero-order chi connectivity index (χ0) is 40.8. The highest BCUT2D eigenvalue weighted by Crippen LogP contribution is 2.88. The number of hydrogen-bond donors (Lipinski definition) is 4. The fourth-order valence-corrected chi connectivity index (χ4v) is 11.4. The van der Waals surface area contributed by atoms with E-state index in [1.54, 1.807) is 4.90 Å². The molecule has 12 nitrogen and oxygen atoms in total. The zero-order valence-electron chi connectivity index (χ0n) is 35.7. The van der Waals surface area contributed by atoms with E-state index in [0.717, 1.165) is 83.6 Å². The van der Waals surface area contributed by atoms with Crippen molar-refractivity contribution in [1.29, 1.82) is 0 Å². The Morgan fingerprint density at radius 2 is 1.48 bits per heavy atom. The van der Waals surface area contributed by atoms with E-state index in [-0.39, 0.29) is 51.8 Å². The second kappa shape index (κ2) is 16.3. The van der Waals surface area contributed by atoms with Gasteiger partial charge >= 0.3 is 0 Å². The minimum absolute atomic E-state index is 0.0172. The Labute approximate surface area is 335 Å². The topological polar surface area (TPSA) is 157 Å². The van der Waals surface area contributed by atoms with Crippen molar-refractivity contribution >= 4 is 35.3 Å². The van der Waals surface area contributed by atoms with Crippen LogP contribution in [0.2, 0.25) is 0 Å². The van der Waals surface area contributed by atoms with Crippen molar-refractivity contribution in [2.75, 3.05) is 19.6 Å². The number of piperidine rings is 1. The highest BCUT2D eigenvalue weighted by molar-refractivity contribution is 6.38. The Morgan fingerprint density at radius 1 is 0.804 bits per heavy atom. The molecule has 2 heterocycles. The number of Topliss-reactive ketones (excluding diaryl/α,β-unsaturated/α-hetero) is 1. The maximum atomic E-state index is 15.3. The summed E-state index contributed by atoms with van der Waals surface area (Å²) in [5.41, 5.74) is -0.917. The van der Waals surface area contributed by atoms with E-state index in [2.05, 4.69) is 53.9 Å². The highest BCUT2D eigenvalue weighted by atomic mass is 16.2. The van der Waals surface area contributed by atoms with Crippen LogP contribution in [0.15, 0.2) is 0 Å². The third-order valence-electron chi connectivity index (χ3n) is 15.4. The average Bonchev–Trinajstić information content (AvgIpc) is 3.96. The SMILES string of the molecule is CCC[C@H](NC(=O)[C@@H]1C[C@@]2(CN1C(=O)[C@@H](NC(=O)[C@@H](NC(=O)[C@@H]1CCCN(C(C)C)C1)C(C)(C)C)C1CCCCC1)C(C)(C)C21CCC1)C(=O)C(=O)NC1CC1. The molecule has 5 amide bonds. The second-order valence-electron chi connectivity index (χ2n) is 20.4. The smallest absolute Gasteiger partial charge is 0.289 e. The molecule has 2 spiro atoms. The minimum Gasteiger partial charge on any atom is -0.347 e. The van der Waals surface area contributed by atoms with E-state index in [9.17, 15) is 24.0 Å². The Kier molecular flexibility index (Phi) is 12.4. The molecule has 12 heteroatoms. The molecule has 2 aliphatic heterocycles. The lowest BCUT2D eigenvalue weighted by atomic mass is 9.73. The van der Waals surface area contributed by atoms with E-state index >= 15 is 4.79 Å². The summed E-state index contributed by atoms with van der Waals surface area (Å²) in [6.07, 6.45) is 12.6. The number of carbonyl (C=O) groups excluding carboxylic acids is 6. The standard InChI is InChI=1S/C44H72N6O6/c1-9-15-31(34(51)38(54)45-30-19-20-30)46-37(53)32-24-44(42(7,8)43(44)21-14-22-43)26-50(32)40(56)33(28-16-11-10-12-17-28)47-39(55)35(41(4,5)6)48-36(52)29-18-13-23-49(25-29)27(2)3/h27-33,35H,9-26H2,1-8H3,(H,45,54)(H,46,53)(H,47,55)(H,48,52)/t29-,31+,32+,33+,35-,44-/m1/s1. The van der Waals surface area contributed by atoms with Gasteiger partial charge in [0.15, 0.2) is 0 Å². The van der Waals surface area contributed by atoms with Crippen LogP contribution in [0.5, 0.6) is 0 Å². The van der Waals surface area contributed by atoms with Gasteiger partial charge in [0.25, 0.3) is 5.91 Å². The summed E-state index contributed by atoms with van der Waals surface area (Å²) in [5.74, 6) is -2.82. The van der Waals surface area contributed by atoms with Crippen LogP contribution in [-0.2, 0) is 28.8 Å². The molecule has 6 aliphatic rings. The fourth-order valence-electron chi connectivity index (χ4n) is 11.4. The predicted octanol–water partition coefficient (Wildman–Crippen LogP) is 4.63. The molecule has 0 bridgehead atoms. The maximum Gasteiger partial charge on any atom is 0.289 e. The Balaban J connectivity index is 1.26. The molecule has 4 saturated carbocycles. The summed E-state index contributed by atoms with van der Waals surface area (Å²) in [6, 6.07) is -3.20. The first kappa shape index (κ1) is 42.6. The number of nitrogens with one attached hydrogen (secondary N) is 4. The highest BCUT2D eigenvalue weighted by Gasteiger charge is 2.85. The third kappa shape index (κ3) is 8.02. The van der Waals surface area contributed by atoms with Crippen LogP contribution in [0.4, 0.5) is 0 Å². The molecule has 4 N–H and O–H groups in total. The normalized spacial score (nSPS) is 28.9. The molecule has 4 aliphatic carbocycles. The van der Waals surface area contributed by atoms with Crippen molar-refractivity contribution in [2.24, 2.45) is 33.5 Å². The molecule has 6 atom stereocenters. The van der Waals surface area contributed by atoms with Gasteiger partial charge < -0.3 is 31.1 Å². The van der Waals surface area contributed by atoms with Crippen molar-refractivity contribution in [3.05, 3.63) is 0 Å². The quantitative estimate of drug-likeness (QED) is 0.187. The molecule has 6 rings (SSSR count). The number of fused-ring (bicyclic) bond motifs is 1. The summed E-state index contributed by atoms with van der Waals surface area (Å²) in [4.78, 5) is 88.4. The molecule has 314 valence electrons. The van der Waals surface area contributed by atoms with Gasteiger partial charge in [-0.2, -0.15) is 0 Å². The Hall–Kier alpha value is -3.02. The van der Waals surface area contributed by atoms with Crippen LogP contribution in [0.25, 0.3) is 0 Å². The third-order valence-corrected chi connectivity index (χ3v) is 15.4. The number of rotatable bonds is 14. The minimum atomic E-state index is -0.980. The van der Waals surface area contributed by atoms with Crippen LogP contribution in [0, 0.1) is 33.5 Å². The van der Waals surface area contributed by atoms with E-state index < -0.39 is 47.2 Å². The van der Waals surface area contributed by atoms with E-state index in [0.29, 0.717) is 38.4 Å². The number of amides is 5. The number of nitrogens with zero attached hydrogens (tertiary/aromatic N) is 2. The number of ketones is 1. The number of carbonyl (C=O) groups is 6. The van der Waals surface area contributed by atoms with E-state index in [4.69, 9.17) is 0 Å². The molecule has 0 aromatic carbocycles. The summed E-state index contributed by atoms with van der Waals surface area (Å²) < 4.78 is 0. The van der Waals surface area contributed by atoms with Crippen LogP contribution in [0.1, 0.15) is 152 Å². The Morgan fingerprint density at radius 3 is 2.04 bits per heavy atom. The van der Waals surface area contributed by atoms with Gasteiger partial charge in [-0.25, -0.2) is 0 Å². The van der Waals surface area contributed by atoms with Gasteiger partial charge in [-0.05, 0) is 107 Å². The van der Waals surface area contributed by atoms with Gasteiger partial charge in [0.2, 0.25) is 29.4 Å². The Bertz CT molecular complexity index is 1520. The van der Waals surface area contributed by atoms with Crippen molar-refractivity contribution in [1.82, 2.24) is 31.1 Å². The van der Waals surface area contributed by atoms with Gasteiger partial charge in [0.05, 0.1) is 12.0 Å². The molecular formula is C44H72N6O6. The molecule has 2 saturated heterocycles. The predicted molar refractivity (Wildman–Crippen MR) is 215 cm³/mol. The fraction of sp³-hybridized carbons (Fsp3) is 0.864. The lowest BCUT2D eigenvalue weighted by molar-refractivity contribution is -0.145. The molecule has 0 radical (unpaired) electrons. The first-order valence-electron chi connectivity index (χ1n) is 22.2. The maximum absolute atomic E-state index is 15.3. The second-order valence-corrected chi connectivity index (χ2v) is 20.4. The molecule has 56 heavy (non-hydrogen) atoms. The lowest BCUT2D eigenvalue weighted by Gasteiger charge is -2.39. The number of likely N-dealkylation sites (tertiary alicyclic amines) is 2. The molecule has 0 unspecified atom stereocenters. The van der Waals surface area contributed by atoms with Crippen LogP contribution < -0.4 is 21.3 Å². The molecule has 6 fully saturated rings. The van der Waals surface area contributed by atoms with E-state index in [1.807, 2.05) is 27.7 Å². The van der Waals surface area contributed by atoms with Gasteiger partial charge in [-0.15, -0.1) is 0 Å². The summed E-state index contributed by atoms with van der Waals surface area (Å²) >= 11 is 0. The summed E-state index contributed by atoms with van der Waals surface area (Å²) in [7, 11) is 0. The zero-order valence-corrected chi connectivity index (χ0v) is 35.7. The van der Waals surface area contributed by atoms with Gasteiger partial charge in [0.1, 0.15) is 18.1 Å². The first-order chi connectivity index (χ1) is 26.4. The van der Waals surface area contributed by atoms with Crippen LogP contribution in [0.3, 0.4) is 0 Å². The summed E-state index contributed by atoms with van der Waals surface area (Å²) in [6.45, 7) is 18.6. The van der Waals surface area contributed by atoms with Crippen LogP contribution in [-0.4, -0.2) is 101 Å². The monoisotopic (exact) mass is 781 g/mol. The van der Waals surface area contributed by atoms with Crippen LogP contribution >= 0.6 is 0 Å². The van der Waals surface area contributed by atoms with Crippen molar-refractivity contribution in [3.63, 3.8) is 0 Å². The van der Waals surface area contributed by atoms with Crippen molar-refractivity contribution in [3.8, 4) is 0 Å². The van der Waals surface area contributed by atoms with E-state index in [1.165, 1.54) is 0 Å². The number of hydrogen-bond acceptors (Lipinski definition) is 7. The molecule has 0 aromatic rings. The molecule has 0 aromatic heterocycles. The molecular weight excluding hydrogens is 709 g/mol. The van der Waals surface area contributed by atoms with Crippen molar-refractivity contribution in [2.45, 2.75) is 188 Å².